The molecule has 0 aliphatic carbocycles. The van der Waals surface area contributed by atoms with Gasteiger partial charge in [-0.2, -0.15) is 0 Å². The Morgan fingerprint density at radius 2 is 2.12 bits per heavy atom. The molecule has 1 heterocycles. The van der Waals surface area contributed by atoms with Gasteiger partial charge in [0.15, 0.2) is 5.96 Å². The molecule has 1 aliphatic rings. The van der Waals surface area contributed by atoms with E-state index in [9.17, 15) is 0 Å². The van der Waals surface area contributed by atoms with E-state index in [4.69, 9.17) is 9.47 Å². The summed E-state index contributed by atoms with van der Waals surface area (Å²) < 4.78 is 11.0. The first kappa shape index (κ1) is 18.3. The van der Waals surface area contributed by atoms with Gasteiger partial charge in [0.05, 0.1) is 19.8 Å². The summed E-state index contributed by atoms with van der Waals surface area (Å²) in [6, 6.07) is 9.89. The SMILES string of the molecule is CCNC(=NCCCOc1ccccc1)NCCC1=CCOCC1. The van der Waals surface area contributed by atoms with Crippen molar-refractivity contribution in [2.45, 2.75) is 26.2 Å². The molecule has 0 saturated carbocycles. The second-order valence-corrected chi connectivity index (χ2v) is 5.64. The molecular formula is C19H29N3O2. The zero-order valence-electron chi connectivity index (χ0n) is 14.6. The van der Waals surface area contributed by atoms with Gasteiger partial charge in [-0.1, -0.05) is 29.8 Å². The lowest BCUT2D eigenvalue weighted by Crippen LogP contribution is -2.38. The number of nitrogens with zero attached hydrogens (tertiary/aromatic N) is 1. The number of guanidine groups is 1. The molecule has 132 valence electrons. The average molecular weight is 331 g/mol. The third kappa shape index (κ3) is 7.51. The molecule has 1 aromatic carbocycles. The van der Waals surface area contributed by atoms with Gasteiger partial charge in [0.2, 0.25) is 0 Å². The molecule has 0 aromatic heterocycles. The Morgan fingerprint density at radius 1 is 1.25 bits per heavy atom. The average Bonchev–Trinajstić information content (AvgIpc) is 2.63. The van der Waals surface area contributed by atoms with Crippen molar-refractivity contribution in [2.24, 2.45) is 4.99 Å². The fourth-order valence-electron chi connectivity index (χ4n) is 2.44. The Balaban J connectivity index is 1.63. The van der Waals surface area contributed by atoms with Crippen molar-refractivity contribution in [3.05, 3.63) is 42.0 Å². The lowest BCUT2D eigenvalue weighted by Gasteiger charge is -2.15. The Bertz CT molecular complexity index is 515. The maximum atomic E-state index is 5.68. The molecule has 0 saturated heterocycles. The Morgan fingerprint density at radius 3 is 2.88 bits per heavy atom. The second kappa shape index (κ2) is 11.5. The van der Waals surface area contributed by atoms with Gasteiger partial charge in [-0.3, -0.25) is 4.99 Å². The summed E-state index contributed by atoms with van der Waals surface area (Å²) in [6.07, 6.45) is 5.18. The van der Waals surface area contributed by atoms with Crippen molar-refractivity contribution in [3.63, 3.8) is 0 Å². The van der Waals surface area contributed by atoms with E-state index in [1.54, 1.807) is 0 Å². The highest BCUT2D eigenvalue weighted by molar-refractivity contribution is 5.79. The van der Waals surface area contributed by atoms with Gasteiger partial charge in [0, 0.05) is 26.1 Å². The molecule has 1 aromatic rings. The van der Waals surface area contributed by atoms with Gasteiger partial charge >= 0.3 is 0 Å². The normalized spacial score (nSPS) is 14.9. The second-order valence-electron chi connectivity index (χ2n) is 5.64. The minimum absolute atomic E-state index is 0.680. The maximum absolute atomic E-state index is 5.68. The van der Waals surface area contributed by atoms with E-state index < -0.39 is 0 Å². The minimum atomic E-state index is 0.680. The van der Waals surface area contributed by atoms with Crippen molar-refractivity contribution in [1.29, 1.82) is 0 Å². The van der Waals surface area contributed by atoms with Crippen LogP contribution < -0.4 is 15.4 Å². The molecule has 0 atom stereocenters. The quantitative estimate of drug-likeness (QED) is 0.316. The molecule has 5 heteroatoms. The smallest absolute Gasteiger partial charge is 0.191 e. The first-order valence-electron chi connectivity index (χ1n) is 8.84. The van der Waals surface area contributed by atoms with E-state index in [-0.39, 0.29) is 0 Å². The van der Waals surface area contributed by atoms with Crippen molar-refractivity contribution in [3.8, 4) is 5.75 Å². The van der Waals surface area contributed by atoms with Crippen LogP contribution in [0.15, 0.2) is 47.0 Å². The summed E-state index contributed by atoms with van der Waals surface area (Å²) >= 11 is 0. The number of benzene rings is 1. The first-order valence-corrected chi connectivity index (χ1v) is 8.84. The van der Waals surface area contributed by atoms with E-state index in [0.717, 1.165) is 63.8 Å². The molecule has 2 N–H and O–H groups in total. The zero-order valence-corrected chi connectivity index (χ0v) is 14.6. The van der Waals surface area contributed by atoms with E-state index in [1.165, 1.54) is 5.57 Å². The van der Waals surface area contributed by atoms with Crippen LogP contribution in [0.1, 0.15) is 26.2 Å². The molecule has 5 nitrogen and oxygen atoms in total. The van der Waals surface area contributed by atoms with Crippen molar-refractivity contribution >= 4 is 5.96 Å². The van der Waals surface area contributed by atoms with Crippen LogP contribution in [0.5, 0.6) is 5.75 Å². The Labute approximate surface area is 145 Å². The van der Waals surface area contributed by atoms with E-state index in [1.807, 2.05) is 30.3 Å². The van der Waals surface area contributed by atoms with Crippen LogP contribution >= 0.6 is 0 Å². The van der Waals surface area contributed by atoms with Crippen LogP contribution in [-0.2, 0) is 4.74 Å². The number of para-hydroxylation sites is 1. The molecule has 1 aliphatic heterocycles. The Hall–Kier alpha value is -2.01. The highest BCUT2D eigenvalue weighted by Crippen LogP contribution is 2.10. The van der Waals surface area contributed by atoms with E-state index in [0.29, 0.717) is 6.61 Å². The monoisotopic (exact) mass is 331 g/mol. The van der Waals surface area contributed by atoms with Crippen molar-refractivity contribution in [1.82, 2.24) is 10.6 Å². The third-order valence-corrected chi connectivity index (χ3v) is 3.72. The van der Waals surface area contributed by atoms with Gasteiger partial charge in [-0.05, 0) is 31.9 Å². The largest absolute Gasteiger partial charge is 0.494 e. The lowest BCUT2D eigenvalue weighted by atomic mass is 10.1. The van der Waals surface area contributed by atoms with Crippen LogP contribution in [-0.4, -0.2) is 45.4 Å². The Kier molecular flexibility index (Phi) is 8.79. The van der Waals surface area contributed by atoms with Crippen LogP contribution in [0.3, 0.4) is 0 Å². The minimum Gasteiger partial charge on any atom is -0.494 e. The predicted molar refractivity (Wildman–Crippen MR) is 98.7 cm³/mol. The molecule has 0 amide bonds. The molecule has 0 bridgehead atoms. The highest BCUT2D eigenvalue weighted by Gasteiger charge is 2.04. The first-order chi connectivity index (χ1) is 11.9. The maximum Gasteiger partial charge on any atom is 0.191 e. The molecule has 0 fully saturated rings. The number of nitrogens with one attached hydrogen (secondary N) is 2. The highest BCUT2D eigenvalue weighted by atomic mass is 16.5. The number of ether oxygens (including phenoxy) is 2. The van der Waals surface area contributed by atoms with Crippen molar-refractivity contribution < 1.29 is 9.47 Å². The third-order valence-electron chi connectivity index (χ3n) is 3.72. The molecule has 24 heavy (non-hydrogen) atoms. The molecular weight excluding hydrogens is 302 g/mol. The zero-order chi connectivity index (χ0) is 16.9. The lowest BCUT2D eigenvalue weighted by molar-refractivity contribution is 0.153. The molecule has 0 radical (unpaired) electrons. The van der Waals surface area contributed by atoms with Gasteiger partial charge in [0.1, 0.15) is 5.75 Å². The molecule has 0 unspecified atom stereocenters. The predicted octanol–water partition coefficient (Wildman–Crippen LogP) is 2.75. The van der Waals surface area contributed by atoms with E-state index in [2.05, 4.69) is 28.6 Å². The fourth-order valence-corrected chi connectivity index (χ4v) is 2.44. The summed E-state index contributed by atoms with van der Waals surface area (Å²) in [5.41, 5.74) is 1.47. The number of aliphatic imine (C=N–C) groups is 1. The summed E-state index contributed by atoms with van der Waals surface area (Å²) in [7, 11) is 0. The summed E-state index contributed by atoms with van der Waals surface area (Å²) in [5, 5.41) is 6.68. The van der Waals surface area contributed by atoms with Crippen LogP contribution in [0.4, 0.5) is 0 Å². The number of rotatable bonds is 9. The summed E-state index contributed by atoms with van der Waals surface area (Å²) in [5.74, 6) is 1.79. The van der Waals surface area contributed by atoms with Gasteiger partial charge in [-0.25, -0.2) is 0 Å². The molecule has 0 spiro atoms. The van der Waals surface area contributed by atoms with Gasteiger partial charge < -0.3 is 20.1 Å². The van der Waals surface area contributed by atoms with Gasteiger partial charge in [-0.15, -0.1) is 0 Å². The van der Waals surface area contributed by atoms with Crippen LogP contribution in [0, 0.1) is 0 Å². The summed E-state index contributed by atoms with van der Waals surface area (Å²) in [6.45, 7) is 6.88. The number of hydrogen-bond acceptors (Lipinski definition) is 3. The molecule has 2 rings (SSSR count). The van der Waals surface area contributed by atoms with Crippen LogP contribution in [0.25, 0.3) is 0 Å². The van der Waals surface area contributed by atoms with E-state index >= 15 is 0 Å². The fraction of sp³-hybridized carbons (Fsp3) is 0.526. The standard InChI is InChI=1S/C19H29N3O2/c1-2-20-19(22-13-9-17-10-15-23-16-11-17)21-12-6-14-24-18-7-4-3-5-8-18/h3-5,7-8,10H,2,6,9,11-16H2,1H3,(H2,20,21,22). The summed E-state index contributed by atoms with van der Waals surface area (Å²) in [4.78, 5) is 4.60. The van der Waals surface area contributed by atoms with Gasteiger partial charge in [0.25, 0.3) is 0 Å². The topological polar surface area (TPSA) is 54.9 Å². The van der Waals surface area contributed by atoms with Crippen LogP contribution in [0.2, 0.25) is 0 Å². The van der Waals surface area contributed by atoms with Crippen molar-refractivity contribution in [2.75, 3.05) is 39.5 Å². The number of hydrogen-bond donors (Lipinski definition) is 2.